The molecule has 4 heteroatoms. The summed E-state index contributed by atoms with van der Waals surface area (Å²) in [6.45, 7) is 6.68. The number of rotatable bonds is 9. The third-order valence-corrected chi connectivity index (χ3v) is 4.34. The molecule has 0 bridgehead atoms. The smallest absolute Gasteiger partial charge is 0.423 e. The number of anilines is 1. The Morgan fingerprint density at radius 3 is 1.62 bits per heavy atom. The average Bonchev–Trinajstić information content (AvgIpc) is 2.62. The highest BCUT2D eigenvalue weighted by Crippen LogP contribution is 2.23. The van der Waals surface area contributed by atoms with Gasteiger partial charge < -0.3 is 14.9 Å². The zero-order chi connectivity index (χ0) is 17.4. The largest absolute Gasteiger partial charge is 0.488 e. The first-order valence-electron chi connectivity index (χ1n) is 8.97. The number of hydrogen-bond acceptors (Lipinski definition) is 3. The molecule has 0 radical (unpaired) electrons. The second-order valence-corrected chi connectivity index (χ2v) is 6.24. The molecule has 0 unspecified atom stereocenters. The van der Waals surface area contributed by atoms with Crippen molar-refractivity contribution < 1.29 is 10.0 Å². The number of unbranched alkanes of at least 4 members (excludes halogenated alkanes) is 2. The summed E-state index contributed by atoms with van der Waals surface area (Å²) in [5.74, 6) is 0. The Morgan fingerprint density at radius 2 is 1.21 bits per heavy atom. The average molecular weight is 325 g/mol. The van der Waals surface area contributed by atoms with Gasteiger partial charge in [-0.2, -0.15) is 0 Å². The van der Waals surface area contributed by atoms with Gasteiger partial charge in [0.2, 0.25) is 0 Å². The van der Waals surface area contributed by atoms with E-state index in [1.54, 1.807) is 12.1 Å². The van der Waals surface area contributed by atoms with Crippen molar-refractivity contribution in [2.45, 2.75) is 39.5 Å². The van der Waals surface area contributed by atoms with Crippen LogP contribution in [0, 0.1) is 0 Å². The van der Waals surface area contributed by atoms with Crippen LogP contribution in [0.4, 0.5) is 5.69 Å². The van der Waals surface area contributed by atoms with Crippen LogP contribution in [0.5, 0.6) is 0 Å². The fraction of sp³-hybridized carbons (Fsp3) is 0.400. The Hall–Kier alpha value is -1.78. The molecule has 2 aromatic rings. The molecule has 24 heavy (non-hydrogen) atoms. The fourth-order valence-corrected chi connectivity index (χ4v) is 2.78. The van der Waals surface area contributed by atoms with E-state index in [0.29, 0.717) is 5.46 Å². The van der Waals surface area contributed by atoms with Crippen molar-refractivity contribution in [1.29, 1.82) is 0 Å². The summed E-state index contributed by atoms with van der Waals surface area (Å²) in [5, 5.41) is 18.3. The van der Waals surface area contributed by atoms with Crippen molar-refractivity contribution in [3.05, 3.63) is 48.5 Å². The minimum absolute atomic E-state index is 0.515. The summed E-state index contributed by atoms with van der Waals surface area (Å²) in [6, 6.07) is 16.0. The molecule has 0 aliphatic rings. The Balaban J connectivity index is 2.12. The maximum absolute atomic E-state index is 9.17. The monoisotopic (exact) mass is 325 g/mol. The Morgan fingerprint density at radius 1 is 0.750 bits per heavy atom. The van der Waals surface area contributed by atoms with Crippen LogP contribution in [0.25, 0.3) is 11.1 Å². The van der Waals surface area contributed by atoms with Gasteiger partial charge in [0.1, 0.15) is 0 Å². The predicted octanol–water partition coefficient (Wildman–Crippen LogP) is 3.44. The topological polar surface area (TPSA) is 43.7 Å². The second-order valence-electron chi connectivity index (χ2n) is 6.24. The van der Waals surface area contributed by atoms with Crippen molar-refractivity contribution in [3.8, 4) is 11.1 Å². The molecule has 0 heterocycles. The Labute approximate surface area is 146 Å². The molecule has 2 N–H and O–H groups in total. The minimum atomic E-state index is -1.41. The van der Waals surface area contributed by atoms with Gasteiger partial charge >= 0.3 is 7.12 Å². The van der Waals surface area contributed by atoms with Gasteiger partial charge in [0.05, 0.1) is 0 Å². The molecule has 0 saturated carbocycles. The van der Waals surface area contributed by atoms with Crippen LogP contribution in [0.2, 0.25) is 0 Å². The molecule has 2 rings (SSSR count). The first-order chi connectivity index (χ1) is 11.7. The van der Waals surface area contributed by atoms with E-state index in [4.69, 9.17) is 0 Å². The molecule has 0 saturated heterocycles. The van der Waals surface area contributed by atoms with E-state index in [1.165, 1.54) is 31.4 Å². The van der Waals surface area contributed by atoms with Crippen LogP contribution in [-0.4, -0.2) is 30.3 Å². The van der Waals surface area contributed by atoms with Gasteiger partial charge in [0.15, 0.2) is 0 Å². The zero-order valence-electron chi connectivity index (χ0n) is 14.8. The van der Waals surface area contributed by atoms with Crippen LogP contribution in [0.1, 0.15) is 39.5 Å². The number of benzene rings is 2. The summed E-state index contributed by atoms with van der Waals surface area (Å²) >= 11 is 0. The lowest BCUT2D eigenvalue weighted by Crippen LogP contribution is -2.29. The molecular weight excluding hydrogens is 297 g/mol. The first kappa shape index (κ1) is 18.6. The van der Waals surface area contributed by atoms with Crippen molar-refractivity contribution in [1.82, 2.24) is 0 Å². The van der Waals surface area contributed by atoms with Gasteiger partial charge in [0, 0.05) is 18.8 Å². The second kappa shape index (κ2) is 9.50. The quantitative estimate of drug-likeness (QED) is 0.694. The summed E-state index contributed by atoms with van der Waals surface area (Å²) in [4.78, 5) is 2.47. The van der Waals surface area contributed by atoms with Crippen LogP contribution >= 0.6 is 0 Å². The highest BCUT2D eigenvalue weighted by Gasteiger charge is 2.10. The summed E-state index contributed by atoms with van der Waals surface area (Å²) < 4.78 is 0. The molecule has 0 fully saturated rings. The predicted molar refractivity (Wildman–Crippen MR) is 104 cm³/mol. The minimum Gasteiger partial charge on any atom is -0.423 e. The Kier molecular flexibility index (Phi) is 7.35. The van der Waals surface area contributed by atoms with E-state index in [2.05, 4.69) is 43.0 Å². The summed E-state index contributed by atoms with van der Waals surface area (Å²) in [5.41, 5.74) is 4.02. The van der Waals surface area contributed by atoms with Crippen LogP contribution in [-0.2, 0) is 0 Å². The molecule has 3 nitrogen and oxygen atoms in total. The third-order valence-electron chi connectivity index (χ3n) is 4.34. The highest BCUT2D eigenvalue weighted by atomic mass is 16.4. The van der Waals surface area contributed by atoms with Crippen molar-refractivity contribution in [2.75, 3.05) is 18.0 Å². The van der Waals surface area contributed by atoms with Gasteiger partial charge in [-0.25, -0.2) is 0 Å². The maximum atomic E-state index is 9.17. The van der Waals surface area contributed by atoms with E-state index >= 15 is 0 Å². The molecule has 0 aliphatic carbocycles. The van der Waals surface area contributed by atoms with Gasteiger partial charge in [-0.05, 0) is 41.6 Å². The molecule has 0 aliphatic heterocycles. The highest BCUT2D eigenvalue weighted by molar-refractivity contribution is 6.58. The first-order valence-corrected chi connectivity index (χ1v) is 8.97. The standard InChI is InChI=1S/C20H28BNO2/c1-3-5-15-22(16-6-4-2)20-13-9-18(10-14-20)17-7-11-19(12-8-17)21(23)24/h7-14,23-24H,3-6,15-16H2,1-2H3. The van der Waals surface area contributed by atoms with Crippen molar-refractivity contribution in [2.24, 2.45) is 0 Å². The van der Waals surface area contributed by atoms with Crippen LogP contribution in [0.3, 0.4) is 0 Å². The SMILES string of the molecule is CCCCN(CCCC)c1ccc(-c2ccc(B(O)O)cc2)cc1. The molecule has 0 spiro atoms. The molecular formula is C20H28BNO2. The zero-order valence-corrected chi connectivity index (χ0v) is 14.8. The van der Waals surface area contributed by atoms with Gasteiger partial charge in [-0.15, -0.1) is 0 Å². The number of hydrogen-bond donors (Lipinski definition) is 2. The fourth-order valence-electron chi connectivity index (χ4n) is 2.78. The Bertz CT molecular complexity index is 588. The third kappa shape index (κ3) is 5.12. The van der Waals surface area contributed by atoms with Crippen molar-refractivity contribution >= 4 is 18.3 Å². The van der Waals surface area contributed by atoms with Gasteiger partial charge in [-0.3, -0.25) is 0 Å². The van der Waals surface area contributed by atoms with E-state index in [1.807, 2.05) is 12.1 Å². The van der Waals surface area contributed by atoms with Gasteiger partial charge in [-0.1, -0.05) is 63.1 Å². The van der Waals surface area contributed by atoms with Crippen LogP contribution < -0.4 is 10.4 Å². The summed E-state index contributed by atoms with van der Waals surface area (Å²) in [7, 11) is -1.41. The molecule has 0 amide bonds. The lowest BCUT2D eigenvalue weighted by atomic mass is 9.80. The molecule has 0 atom stereocenters. The van der Waals surface area contributed by atoms with E-state index < -0.39 is 7.12 Å². The molecule has 0 aromatic heterocycles. The van der Waals surface area contributed by atoms with Gasteiger partial charge in [0.25, 0.3) is 0 Å². The normalized spacial score (nSPS) is 10.7. The maximum Gasteiger partial charge on any atom is 0.488 e. The lowest BCUT2D eigenvalue weighted by molar-refractivity contribution is 0.426. The van der Waals surface area contributed by atoms with Crippen LogP contribution in [0.15, 0.2) is 48.5 Å². The van der Waals surface area contributed by atoms with E-state index in [9.17, 15) is 10.0 Å². The van der Waals surface area contributed by atoms with Crippen molar-refractivity contribution in [3.63, 3.8) is 0 Å². The number of nitrogens with zero attached hydrogens (tertiary/aromatic N) is 1. The molecule has 128 valence electrons. The van der Waals surface area contributed by atoms with E-state index in [-0.39, 0.29) is 0 Å². The molecule has 2 aromatic carbocycles. The lowest BCUT2D eigenvalue weighted by Gasteiger charge is -2.25. The van der Waals surface area contributed by atoms with E-state index in [0.717, 1.165) is 24.2 Å². The summed E-state index contributed by atoms with van der Waals surface area (Å²) in [6.07, 6.45) is 4.86.